The van der Waals surface area contributed by atoms with Gasteiger partial charge in [-0.1, -0.05) is 5.92 Å². The van der Waals surface area contributed by atoms with Gasteiger partial charge in [0.25, 0.3) is 0 Å². The molecule has 4 nitrogen and oxygen atoms in total. The number of alkyl halides is 1. The third-order valence-corrected chi connectivity index (χ3v) is 5.44. The van der Waals surface area contributed by atoms with Gasteiger partial charge in [0.2, 0.25) is 0 Å². The van der Waals surface area contributed by atoms with Gasteiger partial charge in [-0.2, -0.15) is 4.37 Å². The summed E-state index contributed by atoms with van der Waals surface area (Å²) in [6.45, 7) is 1.84. The molecule has 120 valence electrons. The summed E-state index contributed by atoms with van der Waals surface area (Å²) in [4.78, 5) is 0.996. The highest BCUT2D eigenvalue weighted by atomic mass is 32.1. The van der Waals surface area contributed by atoms with Crippen LogP contribution in [0.1, 0.15) is 23.1 Å². The van der Waals surface area contributed by atoms with Crippen LogP contribution in [0.4, 0.5) is 9.39 Å². The monoisotopic (exact) mass is 349 g/mol. The van der Waals surface area contributed by atoms with Crippen LogP contribution in [0.3, 0.4) is 0 Å². The molecule has 0 aliphatic rings. The quantitative estimate of drug-likeness (QED) is 0.665. The van der Waals surface area contributed by atoms with E-state index in [1.165, 1.54) is 11.5 Å². The smallest absolute Gasteiger partial charge is 0.127 e. The summed E-state index contributed by atoms with van der Waals surface area (Å²) in [7, 11) is 0. The number of aromatic nitrogens is 1. The van der Waals surface area contributed by atoms with Crippen LogP contribution >= 0.6 is 22.9 Å². The fourth-order valence-electron chi connectivity index (χ4n) is 2.23. The lowest BCUT2D eigenvalue weighted by Gasteiger charge is -2.04. The largest absolute Gasteiger partial charge is 0.467 e. The predicted octanol–water partition coefficient (Wildman–Crippen LogP) is 3.77. The van der Waals surface area contributed by atoms with E-state index in [-0.39, 0.29) is 0 Å². The summed E-state index contributed by atoms with van der Waals surface area (Å²) in [5, 5.41) is 4.31. The first kappa shape index (κ1) is 16.0. The van der Waals surface area contributed by atoms with Gasteiger partial charge in [0.05, 0.1) is 23.1 Å². The van der Waals surface area contributed by atoms with E-state index in [2.05, 4.69) is 21.5 Å². The van der Waals surface area contributed by atoms with Crippen LogP contribution in [0, 0.1) is 11.8 Å². The number of halogens is 1. The van der Waals surface area contributed by atoms with Crippen molar-refractivity contribution >= 4 is 38.1 Å². The molecule has 0 unspecified atom stereocenters. The summed E-state index contributed by atoms with van der Waals surface area (Å²) in [5.41, 5.74) is 7.51. The molecule has 0 saturated heterocycles. The van der Waals surface area contributed by atoms with Crippen molar-refractivity contribution < 1.29 is 8.81 Å². The van der Waals surface area contributed by atoms with E-state index in [4.69, 9.17) is 10.2 Å². The second-order valence-electron chi connectivity index (χ2n) is 5.02. The fourth-order valence-corrected chi connectivity index (χ4v) is 4.40. The van der Waals surface area contributed by atoms with Crippen LogP contribution < -0.4 is 11.1 Å². The molecule has 0 aliphatic carbocycles. The number of furan rings is 1. The lowest BCUT2D eigenvalue weighted by molar-refractivity contribution is 0.428. The first-order chi connectivity index (χ1) is 11.2. The molecule has 0 spiro atoms. The highest BCUT2D eigenvalue weighted by Crippen LogP contribution is 2.39. The van der Waals surface area contributed by atoms with Gasteiger partial charge in [0.1, 0.15) is 23.0 Å². The highest BCUT2D eigenvalue weighted by molar-refractivity contribution is 7.24. The molecule has 0 aromatic carbocycles. The molecule has 0 amide bonds. The minimum Gasteiger partial charge on any atom is -0.467 e. The number of hydrogen-bond donors (Lipinski definition) is 2. The molecular formula is C16H16FN3OS2. The van der Waals surface area contributed by atoms with Crippen LogP contribution in [0.25, 0.3) is 10.2 Å². The van der Waals surface area contributed by atoms with Crippen LogP contribution in [-0.4, -0.2) is 17.1 Å². The zero-order chi connectivity index (χ0) is 16.2. The topological polar surface area (TPSA) is 64.1 Å². The number of hydrogen-bond acceptors (Lipinski definition) is 6. The molecule has 0 aliphatic heterocycles. The van der Waals surface area contributed by atoms with Crippen LogP contribution in [0.2, 0.25) is 0 Å². The van der Waals surface area contributed by atoms with Gasteiger partial charge < -0.3 is 15.5 Å². The van der Waals surface area contributed by atoms with Crippen molar-refractivity contribution in [1.82, 2.24) is 4.37 Å². The van der Waals surface area contributed by atoms with Crippen LogP contribution in [0.15, 0.2) is 22.8 Å². The van der Waals surface area contributed by atoms with Gasteiger partial charge in [-0.25, -0.2) is 4.39 Å². The molecule has 3 N–H and O–H groups in total. The number of anilines is 1. The molecule has 3 aromatic rings. The normalized spacial score (nSPS) is 12.1. The average molecular weight is 349 g/mol. The maximum atomic E-state index is 12.7. The number of fused-ring (bicyclic) bond motifs is 1. The van der Waals surface area contributed by atoms with E-state index in [9.17, 15) is 4.39 Å². The summed E-state index contributed by atoms with van der Waals surface area (Å²) >= 11 is 2.98. The van der Waals surface area contributed by atoms with Crippen LogP contribution in [0.5, 0.6) is 0 Å². The lowest BCUT2D eigenvalue weighted by atomic mass is 10.1. The van der Waals surface area contributed by atoms with Gasteiger partial charge in [-0.05, 0) is 30.6 Å². The molecule has 3 rings (SSSR count). The molecule has 0 saturated carbocycles. The first-order valence-electron chi connectivity index (χ1n) is 7.14. The van der Waals surface area contributed by atoms with Gasteiger partial charge in [0.15, 0.2) is 0 Å². The Labute approximate surface area is 141 Å². The van der Waals surface area contributed by atoms with Crippen molar-refractivity contribution in [1.29, 1.82) is 0 Å². The number of nitrogens with zero attached hydrogens (tertiary/aromatic N) is 1. The van der Waals surface area contributed by atoms with Gasteiger partial charge >= 0.3 is 0 Å². The van der Waals surface area contributed by atoms with E-state index >= 15 is 0 Å². The Kier molecular flexibility index (Phi) is 4.96. The Bertz CT molecular complexity index is 842. The molecule has 3 heterocycles. The van der Waals surface area contributed by atoms with E-state index in [0.29, 0.717) is 13.0 Å². The summed E-state index contributed by atoms with van der Waals surface area (Å²) in [5.74, 6) is 6.86. The minimum atomic E-state index is -0.541. The van der Waals surface area contributed by atoms with Crippen LogP contribution in [-0.2, 0) is 13.0 Å². The number of nitrogens with one attached hydrogen (secondary N) is 1. The zero-order valence-electron chi connectivity index (χ0n) is 12.6. The Morgan fingerprint density at radius 3 is 3.09 bits per heavy atom. The van der Waals surface area contributed by atoms with E-state index in [1.807, 2.05) is 12.1 Å². The molecule has 0 bridgehead atoms. The molecule has 23 heavy (non-hydrogen) atoms. The van der Waals surface area contributed by atoms with E-state index in [0.717, 1.165) is 31.4 Å². The van der Waals surface area contributed by atoms with E-state index in [1.54, 1.807) is 24.5 Å². The second kappa shape index (κ2) is 7.13. The molecular weight excluding hydrogens is 333 g/mol. The molecule has 0 radical (unpaired) electrons. The molecule has 1 atom stereocenters. The van der Waals surface area contributed by atoms with E-state index < -0.39 is 12.7 Å². The number of rotatable bonds is 6. The Morgan fingerprint density at radius 1 is 1.52 bits per heavy atom. The SMILES string of the molecule is CC#Cc1c(C[C@@H](N)CF)sc2c(NCc3ccco3)snc12. The minimum absolute atomic E-state index is 0.476. The molecule has 3 aromatic heterocycles. The second-order valence-corrected chi connectivity index (χ2v) is 6.89. The first-order valence-corrected chi connectivity index (χ1v) is 8.73. The van der Waals surface area contributed by atoms with Crippen molar-refractivity contribution in [3.05, 3.63) is 34.6 Å². The predicted molar refractivity (Wildman–Crippen MR) is 93.7 cm³/mol. The molecule has 0 fully saturated rings. The highest BCUT2D eigenvalue weighted by Gasteiger charge is 2.19. The third kappa shape index (κ3) is 3.39. The summed E-state index contributed by atoms with van der Waals surface area (Å²) in [6, 6.07) is 3.27. The van der Waals surface area contributed by atoms with Gasteiger partial charge in [-0.3, -0.25) is 0 Å². The summed E-state index contributed by atoms with van der Waals surface area (Å²) in [6.07, 6.45) is 2.12. The van der Waals surface area contributed by atoms with Gasteiger partial charge in [0, 0.05) is 17.3 Å². The zero-order valence-corrected chi connectivity index (χ0v) is 14.2. The number of nitrogens with two attached hydrogens (primary N) is 1. The summed E-state index contributed by atoms with van der Waals surface area (Å²) < 4.78 is 23.6. The standard InChI is InChI=1S/C16H16FN3OS2/c1-2-4-12-13(7-10(18)8-17)22-15-14(12)20-23-16(15)19-9-11-5-3-6-21-11/h3,5-6,10,19H,7-9,18H2,1H3/t10-/m1/s1. The molecule has 7 heteroatoms. The van der Waals surface area contributed by atoms with Crippen molar-refractivity contribution in [3.8, 4) is 11.8 Å². The van der Waals surface area contributed by atoms with Crippen molar-refractivity contribution in [3.63, 3.8) is 0 Å². The average Bonchev–Trinajstić information content (AvgIpc) is 3.25. The number of thiophene rings is 1. The Morgan fingerprint density at radius 2 is 2.39 bits per heavy atom. The maximum absolute atomic E-state index is 12.7. The fraction of sp³-hybridized carbons (Fsp3) is 0.312. The lowest BCUT2D eigenvalue weighted by Crippen LogP contribution is -2.24. The van der Waals surface area contributed by atoms with Crippen molar-refractivity contribution in [2.24, 2.45) is 5.73 Å². The van der Waals surface area contributed by atoms with Crippen molar-refractivity contribution in [2.45, 2.75) is 25.9 Å². The van der Waals surface area contributed by atoms with Crippen molar-refractivity contribution in [2.75, 3.05) is 12.0 Å². The maximum Gasteiger partial charge on any atom is 0.127 e. The Hall–Kier alpha value is -1.88. The Balaban J connectivity index is 1.91. The third-order valence-electron chi connectivity index (χ3n) is 3.29. The van der Waals surface area contributed by atoms with Gasteiger partial charge in [-0.15, -0.1) is 17.3 Å².